The molecule has 168 valence electrons. The average Bonchev–Trinajstić information content (AvgIpc) is 3.28. The van der Waals surface area contributed by atoms with Crippen LogP contribution in [0, 0.1) is 0 Å². The van der Waals surface area contributed by atoms with Gasteiger partial charge in [0.15, 0.2) is 0 Å². The van der Waals surface area contributed by atoms with Gasteiger partial charge < -0.3 is 14.4 Å². The summed E-state index contributed by atoms with van der Waals surface area (Å²) in [4.78, 5) is 22.2. The molecule has 0 amide bonds. The predicted octanol–water partition coefficient (Wildman–Crippen LogP) is 3.01. The highest BCUT2D eigenvalue weighted by molar-refractivity contribution is 5.65. The van der Waals surface area contributed by atoms with Gasteiger partial charge in [-0.3, -0.25) is 4.90 Å². The highest BCUT2D eigenvalue weighted by Gasteiger charge is 2.28. The fourth-order valence-corrected chi connectivity index (χ4v) is 4.01. The molecular weight excluding hydrogens is 404 g/mol. The normalized spacial score (nSPS) is 16.3. The molecule has 1 saturated heterocycles. The van der Waals surface area contributed by atoms with Crippen LogP contribution in [0.15, 0.2) is 49.2 Å². The van der Waals surface area contributed by atoms with Crippen LogP contribution < -0.4 is 9.64 Å². The molecule has 1 aliphatic rings. The third-order valence-corrected chi connectivity index (χ3v) is 5.60. The van der Waals surface area contributed by atoms with Crippen molar-refractivity contribution in [1.82, 2.24) is 24.8 Å². The zero-order chi connectivity index (χ0) is 22.3. The van der Waals surface area contributed by atoms with E-state index in [1.165, 1.54) is 5.56 Å². The van der Waals surface area contributed by atoms with Gasteiger partial charge in [0.25, 0.3) is 0 Å². The van der Waals surface area contributed by atoms with Crippen LogP contribution in [0.5, 0.6) is 5.75 Å². The minimum absolute atomic E-state index is 0.327. The van der Waals surface area contributed by atoms with Crippen molar-refractivity contribution < 1.29 is 9.47 Å². The molecule has 1 aromatic carbocycles. The molecular formula is C24H30N6O2. The van der Waals surface area contributed by atoms with Gasteiger partial charge in [-0.1, -0.05) is 12.1 Å². The van der Waals surface area contributed by atoms with E-state index in [0.717, 1.165) is 54.6 Å². The Bertz CT molecular complexity index is 1010. The second-order valence-electron chi connectivity index (χ2n) is 8.20. The van der Waals surface area contributed by atoms with E-state index >= 15 is 0 Å². The van der Waals surface area contributed by atoms with E-state index in [1.54, 1.807) is 13.4 Å². The lowest BCUT2D eigenvalue weighted by Crippen LogP contribution is -2.21. The number of methoxy groups -OCH3 is 1. The van der Waals surface area contributed by atoms with E-state index in [2.05, 4.69) is 32.0 Å². The number of anilines is 1. The van der Waals surface area contributed by atoms with Gasteiger partial charge >= 0.3 is 0 Å². The summed E-state index contributed by atoms with van der Waals surface area (Å²) in [6, 6.07) is 8.30. The maximum Gasteiger partial charge on any atom is 0.225 e. The number of ether oxygens (including phenoxy) is 2. The third-order valence-electron chi connectivity index (χ3n) is 5.60. The van der Waals surface area contributed by atoms with Gasteiger partial charge in [0.2, 0.25) is 5.95 Å². The topological polar surface area (TPSA) is 76.5 Å². The van der Waals surface area contributed by atoms with Crippen LogP contribution in [-0.2, 0) is 11.3 Å². The van der Waals surface area contributed by atoms with Crippen LogP contribution in [0.4, 0.5) is 5.95 Å². The van der Waals surface area contributed by atoms with Gasteiger partial charge in [0, 0.05) is 69.9 Å². The van der Waals surface area contributed by atoms with Crippen LogP contribution in [-0.4, -0.2) is 72.3 Å². The van der Waals surface area contributed by atoms with Crippen molar-refractivity contribution in [3.63, 3.8) is 0 Å². The second kappa shape index (κ2) is 10.5. The largest absolute Gasteiger partial charge is 0.491 e. The Morgan fingerprint density at radius 2 is 1.97 bits per heavy atom. The summed E-state index contributed by atoms with van der Waals surface area (Å²) >= 11 is 0. The molecule has 3 heterocycles. The molecule has 0 bridgehead atoms. The summed E-state index contributed by atoms with van der Waals surface area (Å²) in [7, 11) is 5.61. The zero-order valence-electron chi connectivity index (χ0n) is 18.9. The first-order valence-corrected chi connectivity index (χ1v) is 10.9. The number of hydrogen-bond acceptors (Lipinski definition) is 8. The number of benzene rings is 1. The molecule has 1 atom stereocenters. The molecule has 0 N–H and O–H groups in total. The summed E-state index contributed by atoms with van der Waals surface area (Å²) in [5, 5.41) is 0. The van der Waals surface area contributed by atoms with Gasteiger partial charge in [-0.05, 0) is 30.7 Å². The minimum Gasteiger partial charge on any atom is -0.491 e. The predicted molar refractivity (Wildman–Crippen MR) is 124 cm³/mol. The molecule has 1 aliphatic heterocycles. The van der Waals surface area contributed by atoms with Gasteiger partial charge in [-0.2, -0.15) is 0 Å². The van der Waals surface area contributed by atoms with E-state index in [9.17, 15) is 0 Å². The van der Waals surface area contributed by atoms with Crippen molar-refractivity contribution in [3.8, 4) is 16.9 Å². The number of rotatable bonds is 9. The fraction of sp³-hybridized carbons (Fsp3) is 0.417. The van der Waals surface area contributed by atoms with Crippen molar-refractivity contribution >= 4 is 5.95 Å². The van der Waals surface area contributed by atoms with E-state index < -0.39 is 0 Å². The molecule has 8 heteroatoms. The molecule has 0 unspecified atom stereocenters. The lowest BCUT2D eigenvalue weighted by atomic mass is 9.97. The van der Waals surface area contributed by atoms with E-state index in [-0.39, 0.29) is 0 Å². The molecule has 2 aromatic heterocycles. The molecule has 32 heavy (non-hydrogen) atoms. The van der Waals surface area contributed by atoms with Crippen molar-refractivity contribution in [3.05, 3.63) is 60.4 Å². The highest BCUT2D eigenvalue weighted by atomic mass is 16.5. The zero-order valence-corrected chi connectivity index (χ0v) is 18.9. The summed E-state index contributed by atoms with van der Waals surface area (Å²) in [6.07, 6.45) is 8.15. The highest BCUT2D eigenvalue weighted by Crippen LogP contribution is 2.34. The van der Waals surface area contributed by atoms with Gasteiger partial charge in [-0.15, -0.1) is 0 Å². The van der Waals surface area contributed by atoms with Gasteiger partial charge in [0.05, 0.1) is 12.3 Å². The SMILES string of the molecule is COCCOc1cccc(CN2CC[C@@H](c3nc(N(C)C)ncc3-c3cncnc3)C2)c1. The first kappa shape index (κ1) is 22.1. The van der Waals surface area contributed by atoms with E-state index in [0.29, 0.717) is 19.1 Å². The lowest BCUT2D eigenvalue weighted by Gasteiger charge is -2.19. The van der Waals surface area contributed by atoms with Crippen LogP contribution in [0.2, 0.25) is 0 Å². The van der Waals surface area contributed by atoms with Crippen molar-refractivity contribution in [1.29, 1.82) is 0 Å². The summed E-state index contributed by atoms with van der Waals surface area (Å²) in [5.41, 5.74) is 4.27. The Balaban J connectivity index is 1.49. The first-order chi connectivity index (χ1) is 15.6. The van der Waals surface area contributed by atoms with Crippen molar-refractivity contribution in [2.75, 3.05) is 52.4 Å². The average molecular weight is 435 g/mol. The Hall–Kier alpha value is -3.10. The Morgan fingerprint density at radius 3 is 2.75 bits per heavy atom. The minimum atomic E-state index is 0.327. The second-order valence-corrected chi connectivity index (χ2v) is 8.20. The molecule has 4 rings (SSSR count). The van der Waals surface area contributed by atoms with Crippen LogP contribution in [0.25, 0.3) is 11.1 Å². The van der Waals surface area contributed by atoms with Crippen molar-refractivity contribution in [2.24, 2.45) is 0 Å². The molecule has 0 aliphatic carbocycles. The van der Waals surface area contributed by atoms with E-state index in [4.69, 9.17) is 14.5 Å². The summed E-state index contributed by atoms with van der Waals surface area (Å²) in [5.74, 6) is 1.93. The molecule has 8 nitrogen and oxygen atoms in total. The summed E-state index contributed by atoms with van der Waals surface area (Å²) in [6.45, 7) is 3.98. The standard InChI is InChI=1S/C24H30N6O2/c1-29(2)24-27-14-22(20-12-25-17-26-13-20)23(28-24)19-7-8-30(16-19)15-18-5-4-6-21(11-18)32-10-9-31-3/h4-6,11-14,17,19H,7-10,15-16H2,1-3H3/t19-/m1/s1. The lowest BCUT2D eigenvalue weighted by molar-refractivity contribution is 0.146. The smallest absolute Gasteiger partial charge is 0.225 e. The molecule has 3 aromatic rings. The van der Waals surface area contributed by atoms with Gasteiger partial charge in [0.1, 0.15) is 18.7 Å². The fourth-order valence-electron chi connectivity index (χ4n) is 4.01. The monoisotopic (exact) mass is 434 g/mol. The quantitative estimate of drug-likeness (QED) is 0.476. The maximum absolute atomic E-state index is 5.77. The Labute approximate surface area is 189 Å². The van der Waals surface area contributed by atoms with E-state index in [1.807, 2.05) is 49.7 Å². The molecule has 1 fully saturated rings. The Morgan fingerprint density at radius 1 is 1.12 bits per heavy atom. The third kappa shape index (κ3) is 5.38. The van der Waals surface area contributed by atoms with Crippen LogP contribution in [0.1, 0.15) is 23.6 Å². The maximum atomic E-state index is 5.77. The van der Waals surface area contributed by atoms with Crippen LogP contribution >= 0.6 is 0 Å². The molecule has 0 radical (unpaired) electrons. The van der Waals surface area contributed by atoms with Crippen LogP contribution in [0.3, 0.4) is 0 Å². The number of aromatic nitrogens is 4. The van der Waals surface area contributed by atoms with Gasteiger partial charge in [-0.25, -0.2) is 19.9 Å². The first-order valence-electron chi connectivity index (χ1n) is 10.9. The molecule has 0 spiro atoms. The number of hydrogen-bond donors (Lipinski definition) is 0. The number of nitrogens with zero attached hydrogens (tertiary/aromatic N) is 6. The molecule has 0 saturated carbocycles. The summed E-state index contributed by atoms with van der Waals surface area (Å²) < 4.78 is 10.8. The Kier molecular flexibility index (Phi) is 7.24. The van der Waals surface area contributed by atoms with Crippen molar-refractivity contribution in [2.45, 2.75) is 18.9 Å². The number of likely N-dealkylation sites (tertiary alicyclic amines) is 1.